The van der Waals surface area contributed by atoms with Crippen LogP contribution >= 0.6 is 11.8 Å². The molecular weight excluding hydrogens is 437 g/mol. The molecule has 166 valence electrons. The standard InChI is InChI=1S/C27H22FNO3S/c1-15-12-21-22(13-16(15)2)32-26-23(25(21)30)24(18-6-10-20(33-3)11-7-18)29(27(26)31)14-17-4-8-19(28)9-5-17/h4-13,24H,14H2,1-3H3. The minimum Gasteiger partial charge on any atom is -0.450 e. The van der Waals surface area contributed by atoms with Crippen LogP contribution in [0.3, 0.4) is 0 Å². The molecule has 6 heteroatoms. The highest BCUT2D eigenvalue weighted by Crippen LogP contribution is 2.39. The number of benzene rings is 3. The summed E-state index contributed by atoms with van der Waals surface area (Å²) >= 11 is 1.62. The summed E-state index contributed by atoms with van der Waals surface area (Å²) in [5, 5.41) is 0.471. The Morgan fingerprint density at radius 3 is 2.30 bits per heavy atom. The summed E-state index contributed by atoms with van der Waals surface area (Å²) in [6.45, 7) is 4.12. The van der Waals surface area contributed by atoms with E-state index in [1.807, 2.05) is 56.5 Å². The monoisotopic (exact) mass is 459 g/mol. The average molecular weight is 460 g/mol. The lowest BCUT2D eigenvalue weighted by Gasteiger charge is -2.25. The smallest absolute Gasteiger partial charge is 0.291 e. The highest BCUT2D eigenvalue weighted by Gasteiger charge is 2.42. The van der Waals surface area contributed by atoms with Crippen molar-refractivity contribution < 1.29 is 13.6 Å². The number of amides is 1. The number of nitrogens with zero attached hydrogens (tertiary/aromatic N) is 1. The van der Waals surface area contributed by atoms with Crippen LogP contribution in [0.15, 0.2) is 74.8 Å². The molecule has 5 rings (SSSR count). The molecule has 1 unspecified atom stereocenters. The van der Waals surface area contributed by atoms with Crippen molar-refractivity contribution in [3.63, 3.8) is 0 Å². The van der Waals surface area contributed by atoms with E-state index in [0.29, 0.717) is 16.5 Å². The van der Waals surface area contributed by atoms with Crippen molar-refractivity contribution in [1.29, 1.82) is 0 Å². The Morgan fingerprint density at radius 1 is 0.970 bits per heavy atom. The highest BCUT2D eigenvalue weighted by molar-refractivity contribution is 7.98. The summed E-state index contributed by atoms with van der Waals surface area (Å²) in [6.07, 6.45) is 2.00. The van der Waals surface area contributed by atoms with Gasteiger partial charge in [0.15, 0.2) is 5.43 Å². The van der Waals surface area contributed by atoms with Gasteiger partial charge in [0, 0.05) is 11.4 Å². The van der Waals surface area contributed by atoms with Crippen molar-refractivity contribution in [2.24, 2.45) is 0 Å². The van der Waals surface area contributed by atoms with Crippen LogP contribution < -0.4 is 5.43 Å². The summed E-state index contributed by atoms with van der Waals surface area (Å²) < 4.78 is 19.5. The molecule has 3 aromatic carbocycles. The first-order chi connectivity index (χ1) is 15.9. The number of hydrogen-bond acceptors (Lipinski definition) is 4. The fourth-order valence-corrected chi connectivity index (χ4v) is 4.77. The van der Waals surface area contributed by atoms with Gasteiger partial charge in [-0.2, -0.15) is 0 Å². The van der Waals surface area contributed by atoms with E-state index in [-0.39, 0.29) is 29.5 Å². The van der Waals surface area contributed by atoms with Crippen LogP contribution in [0, 0.1) is 19.7 Å². The predicted molar refractivity (Wildman–Crippen MR) is 128 cm³/mol. The Bertz CT molecular complexity index is 1440. The minimum atomic E-state index is -0.587. The first kappa shape index (κ1) is 21.5. The second-order valence-corrected chi connectivity index (χ2v) is 9.22. The molecule has 33 heavy (non-hydrogen) atoms. The molecule has 0 spiro atoms. The first-order valence-corrected chi connectivity index (χ1v) is 11.9. The molecule has 0 N–H and O–H groups in total. The molecule has 1 aliphatic rings. The lowest BCUT2D eigenvalue weighted by molar-refractivity contribution is 0.0714. The zero-order valence-electron chi connectivity index (χ0n) is 18.5. The molecule has 4 nitrogen and oxygen atoms in total. The van der Waals surface area contributed by atoms with Gasteiger partial charge in [-0.15, -0.1) is 11.8 Å². The van der Waals surface area contributed by atoms with E-state index in [4.69, 9.17) is 4.42 Å². The molecule has 4 aromatic rings. The average Bonchev–Trinajstić information content (AvgIpc) is 3.08. The maximum Gasteiger partial charge on any atom is 0.291 e. The van der Waals surface area contributed by atoms with Gasteiger partial charge >= 0.3 is 0 Å². The number of thioether (sulfide) groups is 1. The van der Waals surface area contributed by atoms with Gasteiger partial charge in [0.05, 0.1) is 17.0 Å². The van der Waals surface area contributed by atoms with Crippen LogP contribution in [-0.4, -0.2) is 17.1 Å². The lowest BCUT2D eigenvalue weighted by Crippen LogP contribution is -2.29. The summed E-state index contributed by atoms with van der Waals surface area (Å²) in [6, 6.07) is 16.9. The molecule has 1 atom stereocenters. The Labute approximate surface area is 195 Å². The van der Waals surface area contributed by atoms with Crippen LogP contribution in [-0.2, 0) is 6.54 Å². The number of carbonyl (C=O) groups excluding carboxylic acids is 1. The largest absolute Gasteiger partial charge is 0.450 e. The van der Waals surface area contributed by atoms with E-state index in [1.54, 1.807) is 28.8 Å². The second-order valence-electron chi connectivity index (χ2n) is 8.34. The second kappa shape index (κ2) is 8.19. The minimum absolute atomic E-state index is 0.0804. The number of fused-ring (bicyclic) bond motifs is 2. The van der Waals surface area contributed by atoms with Gasteiger partial charge in [-0.05, 0) is 78.8 Å². The summed E-state index contributed by atoms with van der Waals surface area (Å²) in [5.74, 6) is -0.602. The first-order valence-electron chi connectivity index (χ1n) is 10.6. The topological polar surface area (TPSA) is 50.5 Å². The van der Waals surface area contributed by atoms with E-state index in [2.05, 4.69) is 0 Å². The van der Waals surface area contributed by atoms with Crippen molar-refractivity contribution in [1.82, 2.24) is 4.90 Å². The van der Waals surface area contributed by atoms with Gasteiger partial charge in [-0.1, -0.05) is 24.3 Å². The maximum absolute atomic E-state index is 13.7. The van der Waals surface area contributed by atoms with E-state index >= 15 is 0 Å². The number of aryl methyl sites for hydroxylation is 2. The Morgan fingerprint density at radius 2 is 1.64 bits per heavy atom. The third-order valence-electron chi connectivity index (χ3n) is 6.28. The molecule has 0 aliphatic carbocycles. The van der Waals surface area contributed by atoms with Gasteiger partial charge < -0.3 is 9.32 Å². The van der Waals surface area contributed by atoms with E-state index < -0.39 is 6.04 Å². The van der Waals surface area contributed by atoms with E-state index in [9.17, 15) is 14.0 Å². The molecule has 0 bridgehead atoms. The molecule has 1 amide bonds. The van der Waals surface area contributed by atoms with E-state index in [0.717, 1.165) is 27.1 Å². The van der Waals surface area contributed by atoms with Gasteiger partial charge in [0.25, 0.3) is 5.91 Å². The van der Waals surface area contributed by atoms with Gasteiger partial charge in [-0.3, -0.25) is 9.59 Å². The summed E-state index contributed by atoms with van der Waals surface area (Å²) in [4.78, 5) is 29.9. The van der Waals surface area contributed by atoms with Crippen LogP contribution in [0.25, 0.3) is 11.0 Å². The maximum atomic E-state index is 13.7. The zero-order valence-corrected chi connectivity index (χ0v) is 19.3. The molecule has 0 fully saturated rings. The summed E-state index contributed by atoms with van der Waals surface area (Å²) in [7, 11) is 0. The molecule has 2 heterocycles. The third kappa shape index (κ3) is 3.64. The van der Waals surface area contributed by atoms with Crippen LogP contribution in [0.5, 0.6) is 0 Å². The van der Waals surface area contributed by atoms with E-state index in [1.165, 1.54) is 12.1 Å². The Balaban J connectivity index is 1.71. The van der Waals surface area contributed by atoms with Crippen molar-refractivity contribution in [3.05, 3.63) is 110 Å². The number of carbonyl (C=O) groups is 1. The zero-order chi connectivity index (χ0) is 23.3. The molecular formula is C27H22FNO3S. The van der Waals surface area contributed by atoms with Gasteiger partial charge in [-0.25, -0.2) is 4.39 Å². The molecule has 0 radical (unpaired) electrons. The number of rotatable bonds is 4. The fraction of sp³-hybridized carbons (Fsp3) is 0.185. The van der Waals surface area contributed by atoms with Crippen molar-refractivity contribution in [3.8, 4) is 0 Å². The quantitative estimate of drug-likeness (QED) is 0.351. The fourth-order valence-electron chi connectivity index (χ4n) is 4.36. The number of halogens is 1. The number of hydrogen-bond donors (Lipinski definition) is 0. The SMILES string of the molecule is CSc1ccc(C2c3c(oc4cc(C)c(C)cc4c3=O)C(=O)N2Cc2ccc(F)cc2)cc1. The predicted octanol–water partition coefficient (Wildman–Crippen LogP) is 6.02. The van der Waals surface area contributed by atoms with Crippen molar-refractivity contribution in [2.45, 2.75) is 31.3 Å². The van der Waals surface area contributed by atoms with Crippen molar-refractivity contribution in [2.75, 3.05) is 6.26 Å². The third-order valence-corrected chi connectivity index (χ3v) is 7.02. The Kier molecular flexibility index (Phi) is 5.33. The molecule has 1 aromatic heterocycles. The van der Waals surface area contributed by atoms with Gasteiger partial charge in [0.2, 0.25) is 5.76 Å². The highest BCUT2D eigenvalue weighted by atomic mass is 32.2. The summed E-state index contributed by atoms with van der Waals surface area (Å²) in [5.41, 5.74) is 4.16. The normalized spacial score (nSPS) is 15.3. The molecule has 0 saturated heterocycles. The van der Waals surface area contributed by atoms with Gasteiger partial charge in [0.1, 0.15) is 11.4 Å². The lowest BCUT2D eigenvalue weighted by atomic mass is 9.97. The van der Waals surface area contributed by atoms with Crippen LogP contribution in [0.4, 0.5) is 4.39 Å². The van der Waals surface area contributed by atoms with Crippen LogP contribution in [0.2, 0.25) is 0 Å². The molecule has 1 aliphatic heterocycles. The molecule has 0 saturated carbocycles. The Hall–Kier alpha value is -3.38. The van der Waals surface area contributed by atoms with Crippen molar-refractivity contribution >= 4 is 28.6 Å². The van der Waals surface area contributed by atoms with Crippen LogP contribution in [0.1, 0.15) is 44.4 Å².